The first-order valence-corrected chi connectivity index (χ1v) is 8.19. The molecule has 0 heterocycles. The Morgan fingerprint density at radius 1 is 1.12 bits per heavy atom. The molecule has 0 aliphatic rings. The maximum Gasteiger partial charge on any atom is 0.156 e. The van der Waals surface area contributed by atoms with E-state index < -0.39 is 14.6 Å². The minimum atomic E-state index is -3.02. The predicted molar refractivity (Wildman–Crippen MR) is 75.5 cm³/mol. The third-order valence-corrected chi connectivity index (χ3v) is 5.65. The van der Waals surface area contributed by atoms with Gasteiger partial charge in [-0.05, 0) is 32.6 Å². The number of alkyl halides is 1. The lowest BCUT2D eigenvalue weighted by molar-refractivity contribution is 0.334. The highest BCUT2D eigenvalue weighted by Crippen LogP contribution is 2.19. The van der Waals surface area contributed by atoms with E-state index in [1.807, 2.05) is 0 Å². The topological polar surface area (TPSA) is 46.2 Å². The van der Waals surface area contributed by atoms with E-state index in [1.54, 1.807) is 20.8 Å². The van der Waals surface area contributed by atoms with E-state index in [2.05, 4.69) is 19.2 Å². The zero-order valence-corrected chi connectivity index (χ0v) is 13.2. The van der Waals surface area contributed by atoms with Crippen molar-refractivity contribution in [3.8, 4) is 0 Å². The first-order chi connectivity index (χ1) is 7.52. The van der Waals surface area contributed by atoms with Gasteiger partial charge in [-0.3, -0.25) is 0 Å². The van der Waals surface area contributed by atoms with Crippen LogP contribution in [0.4, 0.5) is 0 Å². The highest BCUT2D eigenvalue weighted by Gasteiger charge is 2.28. The Balaban J connectivity index is 4.03. The number of sulfone groups is 1. The smallest absolute Gasteiger partial charge is 0.156 e. The van der Waals surface area contributed by atoms with E-state index in [1.165, 1.54) is 0 Å². The van der Waals surface area contributed by atoms with Crippen LogP contribution in [0.5, 0.6) is 0 Å². The van der Waals surface area contributed by atoms with Gasteiger partial charge in [0.2, 0.25) is 0 Å². The van der Waals surface area contributed by atoms with Crippen molar-refractivity contribution in [2.24, 2.45) is 5.41 Å². The van der Waals surface area contributed by atoms with E-state index in [-0.39, 0.29) is 11.2 Å². The third-order valence-electron chi connectivity index (χ3n) is 2.86. The van der Waals surface area contributed by atoms with Crippen molar-refractivity contribution < 1.29 is 8.42 Å². The molecule has 5 heteroatoms. The van der Waals surface area contributed by atoms with E-state index in [0.717, 1.165) is 13.0 Å². The van der Waals surface area contributed by atoms with Gasteiger partial charge in [0, 0.05) is 19.0 Å². The van der Waals surface area contributed by atoms with Crippen LogP contribution in [0.15, 0.2) is 0 Å². The van der Waals surface area contributed by atoms with Crippen LogP contribution < -0.4 is 5.32 Å². The largest absolute Gasteiger partial charge is 0.315 e. The number of halogens is 1. The Hall–Kier alpha value is 0.200. The van der Waals surface area contributed by atoms with Gasteiger partial charge in [-0.1, -0.05) is 13.8 Å². The Bertz CT molecular complexity index is 318. The van der Waals surface area contributed by atoms with Crippen LogP contribution in [0.25, 0.3) is 0 Å². The molecule has 0 amide bonds. The summed E-state index contributed by atoms with van der Waals surface area (Å²) in [6.07, 6.45) is 0.924. The molecule has 0 aliphatic carbocycles. The van der Waals surface area contributed by atoms with Gasteiger partial charge in [-0.15, -0.1) is 11.6 Å². The summed E-state index contributed by atoms with van der Waals surface area (Å²) in [7, 11) is -3.02. The maximum absolute atomic E-state index is 11.8. The second-order valence-electron chi connectivity index (χ2n) is 6.21. The van der Waals surface area contributed by atoms with Crippen LogP contribution in [0.1, 0.15) is 41.0 Å². The van der Waals surface area contributed by atoms with E-state index in [9.17, 15) is 8.42 Å². The van der Waals surface area contributed by atoms with Crippen LogP contribution in [-0.4, -0.2) is 37.9 Å². The van der Waals surface area contributed by atoms with Crippen molar-refractivity contribution in [2.45, 2.75) is 45.8 Å². The highest BCUT2D eigenvalue weighted by atomic mass is 35.5. The molecule has 0 aliphatic heterocycles. The van der Waals surface area contributed by atoms with Crippen molar-refractivity contribution in [2.75, 3.05) is 24.7 Å². The summed E-state index contributed by atoms with van der Waals surface area (Å²) in [5, 5.41) is 3.20. The molecule has 104 valence electrons. The summed E-state index contributed by atoms with van der Waals surface area (Å²) in [5.74, 6) is 0.822. The lowest BCUT2D eigenvalue weighted by Crippen LogP contribution is -2.37. The Labute approximate surface area is 111 Å². The van der Waals surface area contributed by atoms with Crippen molar-refractivity contribution in [3.63, 3.8) is 0 Å². The molecule has 0 radical (unpaired) electrons. The molecule has 0 aromatic rings. The minimum absolute atomic E-state index is 0.118. The standard InChI is InChI=1S/C12H26ClNO2S/c1-11(2,3)17(15,16)9-8-14-10-12(4,5)6-7-13/h14H,6-10H2,1-5H3. The quantitative estimate of drug-likeness (QED) is 0.577. The SMILES string of the molecule is CC(C)(CCCl)CNCCS(=O)(=O)C(C)(C)C. The van der Waals surface area contributed by atoms with Gasteiger partial charge in [0.05, 0.1) is 10.5 Å². The second kappa shape index (κ2) is 6.39. The zero-order chi connectivity index (χ0) is 13.7. The van der Waals surface area contributed by atoms with Crippen molar-refractivity contribution >= 4 is 21.4 Å². The van der Waals surface area contributed by atoms with E-state index in [4.69, 9.17) is 11.6 Å². The second-order valence-corrected chi connectivity index (χ2v) is 9.45. The molecule has 1 N–H and O–H groups in total. The summed E-state index contributed by atoms with van der Waals surface area (Å²) >= 11 is 5.71. The number of rotatable bonds is 7. The van der Waals surface area contributed by atoms with Crippen molar-refractivity contribution in [3.05, 3.63) is 0 Å². The molecular weight excluding hydrogens is 258 g/mol. The molecule has 0 aromatic heterocycles. The summed E-state index contributed by atoms with van der Waals surface area (Å²) in [5.41, 5.74) is 0.118. The lowest BCUT2D eigenvalue weighted by atomic mass is 9.90. The molecule has 0 unspecified atom stereocenters. The summed E-state index contributed by atoms with van der Waals surface area (Å²) < 4.78 is 23.0. The van der Waals surface area contributed by atoms with Crippen LogP contribution in [0, 0.1) is 5.41 Å². The first-order valence-electron chi connectivity index (χ1n) is 6.01. The number of nitrogens with one attached hydrogen (secondary N) is 1. The van der Waals surface area contributed by atoms with Crippen molar-refractivity contribution in [1.29, 1.82) is 0 Å². The van der Waals surface area contributed by atoms with Crippen LogP contribution in [-0.2, 0) is 9.84 Å². The molecule has 0 saturated heterocycles. The summed E-state index contributed by atoms with van der Waals surface area (Å²) in [6.45, 7) is 10.8. The zero-order valence-electron chi connectivity index (χ0n) is 11.6. The van der Waals surface area contributed by atoms with Gasteiger partial charge in [-0.2, -0.15) is 0 Å². The molecule has 0 fully saturated rings. The number of hydrogen-bond donors (Lipinski definition) is 1. The van der Waals surface area contributed by atoms with E-state index >= 15 is 0 Å². The van der Waals surface area contributed by atoms with Gasteiger partial charge < -0.3 is 5.32 Å². The predicted octanol–water partition coefficient (Wildman–Crippen LogP) is 2.44. The average molecular weight is 284 g/mol. The Kier molecular flexibility index (Phi) is 6.47. The van der Waals surface area contributed by atoms with Gasteiger partial charge in [-0.25, -0.2) is 8.42 Å². The van der Waals surface area contributed by atoms with Crippen LogP contribution in [0.2, 0.25) is 0 Å². The molecular formula is C12H26ClNO2S. The highest BCUT2D eigenvalue weighted by molar-refractivity contribution is 7.92. The Morgan fingerprint density at radius 2 is 1.65 bits per heavy atom. The fraction of sp³-hybridized carbons (Fsp3) is 1.00. The Morgan fingerprint density at radius 3 is 2.06 bits per heavy atom. The van der Waals surface area contributed by atoms with Crippen LogP contribution >= 0.6 is 11.6 Å². The van der Waals surface area contributed by atoms with Gasteiger partial charge in [0.25, 0.3) is 0 Å². The molecule has 0 rings (SSSR count). The molecule has 0 saturated carbocycles. The van der Waals surface area contributed by atoms with Crippen molar-refractivity contribution in [1.82, 2.24) is 5.32 Å². The molecule has 3 nitrogen and oxygen atoms in total. The first kappa shape index (κ1) is 17.2. The molecule has 0 atom stereocenters. The monoisotopic (exact) mass is 283 g/mol. The molecule has 0 spiro atoms. The maximum atomic E-state index is 11.8. The van der Waals surface area contributed by atoms with Crippen LogP contribution in [0.3, 0.4) is 0 Å². The summed E-state index contributed by atoms with van der Waals surface area (Å²) in [6, 6.07) is 0. The normalized spacial score (nSPS) is 14.0. The molecule has 0 aromatic carbocycles. The minimum Gasteiger partial charge on any atom is -0.315 e. The third kappa shape index (κ3) is 6.63. The molecule has 17 heavy (non-hydrogen) atoms. The van der Waals surface area contributed by atoms with Gasteiger partial charge >= 0.3 is 0 Å². The van der Waals surface area contributed by atoms with Gasteiger partial charge in [0.1, 0.15) is 0 Å². The number of hydrogen-bond acceptors (Lipinski definition) is 3. The summed E-state index contributed by atoms with van der Waals surface area (Å²) in [4.78, 5) is 0. The van der Waals surface area contributed by atoms with Gasteiger partial charge in [0.15, 0.2) is 9.84 Å². The average Bonchev–Trinajstić information content (AvgIpc) is 2.10. The lowest BCUT2D eigenvalue weighted by Gasteiger charge is -2.24. The fourth-order valence-electron chi connectivity index (χ4n) is 1.28. The fourth-order valence-corrected chi connectivity index (χ4v) is 2.82. The van der Waals surface area contributed by atoms with E-state index in [0.29, 0.717) is 12.4 Å². The molecule has 0 bridgehead atoms.